The van der Waals surface area contributed by atoms with Gasteiger partial charge in [-0.25, -0.2) is 8.42 Å². The molecular formula is C25H34N2O4S. The van der Waals surface area contributed by atoms with Crippen LogP contribution in [0.25, 0.3) is 0 Å². The van der Waals surface area contributed by atoms with Crippen LogP contribution in [-0.4, -0.2) is 38.3 Å². The molecule has 0 unspecified atom stereocenters. The second-order valence-electron chi connectivity index (χ2n) is 8.21. The maximum Gasteiger partial charge on any atom is 0.243 e. The number of hydrogen-bond acceptors (Lipinski definition) is 4. The fraction of sp³-hybridized carbons (Fsp3) is 0.480. The lowest BCUT2D eigenvalue weighted by molar-refractivity contribution is -0.120. The van der Waals surface area contributed by atoms with Gasteiger partial charge in [0.05, 0.1) is 17.4 Å². The predicted molar refractivity (Wildman–Crippen MR) is 128 cm³/mol. The van der Waals surface area contributed by atoms with E-state index in [1.807, 2.05) is 32.0 Å². The quantitative estimate of drug-likeness (QED) is 0.629. The molecule has 0 spiro atoms. The third kappa shape index (κ3) is 5.15. The predicted octanol–water partition coefficient (Wildman–Crippen LogP) is 4.56. The lowest BCUT2D eigenvalue weighted by Gasteiger charge is -2.31. The van der Waals surface area contributed by atoms with Crippen LogP contribution in [0.2, 0.25) is 0 Å². The number of nitrogens with one attached hydrogen (secondary N) is 1. The third-order valence-corrected chi connectivity index (χ3v) is 7.95. The summed E-state index contributed by atoms with van der Waals surface area (Å²) in [4.78, 5) is 13.4. The monoisotopic (exact) mass is 458 g/mol. The number of amides is 1. The smallest absolute Gasteiger partial charge is 0.243 e. The van der Waals surface area contributed by atoms with Gasteiger partial charge in [0.2, 0.25) is 15.9 Å². The molecule has 0 aliphatic carbocycles. The molecule has 3 rings (SSSR count). The molecule has 7 heteroatoms. The first-order chi connectivity index (χ1) is 15.3. The second-order valence-corrected chi connectivity index (χ2v) is 10.1. The molecule has 174 valence electrons. The summed E-state index contributed by atoms with van der Waals surface area (Å²) in [5.74, 6) is 0.198. The molecule has 1 aliphatic heterocycles. The zero-order chi connectivity index (χ0) is 23.3. The molecule has 1 amide bonds. The van der Waals surface area contributed by atoms with E-state index in [0.29, 0.717) is 31.7 Å². The average molecular weight is 459 g/mol. The van der Waals surface area contributed by atoms with Crippen LogP contribution in [0.5, 0.6) is 5.75 Å². The fourth-order valence-electron chi connectivity index (χ4n) is 4.25. The summed E-state index contributed by atoms with van der Waals surface area (Å²) < 4.78 is 33.6. The number of benzene rings is 2. The van der Waals surface area contributed by atoms with Gasteiger partial charge in [-0.3, -0.25) is 4.79 Å². The molecule has 1 atom stereocenters. The highest BCUT2D eigenvalue weighted by atomic mass is 32.2. The average Bonchev–Trinajstić information content (AvgIpc) is 2.80. The van der Waals surface area contributed by atoms with Crippen molar-refractivity contribution in [2.45, 2.75) is 58.3 Å². The SMILES string of the molecule is CCOc1ccc(S(=O)(=O)N2CCC[C@H](C(=O)Nc3c(CC)cccc3CC)C2)cc1C. The van der Waals surface area contributed by atoms with Crippen LogP contribution in [0, 0.1) is 12.8 Å². The minimum Gasteiger partial charge on any atom is -0.494 e. The van der Waals surface area contributed by atoms with Gasteiger partial charge in [0, 0.05) is 18.8 Å². The number of carbonyl (C=O) groups excluding carboxylic acids is 1. The van der Waals surface area contributed by atoms with Crippen molar-refractivity contribution in [2.75, 3.05) is 25.0 Å². The summed E-state index contributed by atoms with van der Waals surface area (Å²) in [7, 11) is -3.68. The Kier molecular flexibility index (Phi) is 7.96. The van der Waals surface area contributed by atoms with Crippen LogP contribution in [0.1, 0.15) is 50.3 Å². The van der Waals surface area contributed by atoms with Gasteiger partial charge < -0.3 is 10.1 Å². The van der Waals surface area contributed by atoms with Crippen LogP contribution in [-0.2, 0) is 27.7 Å². The molecule has 6 nitrogen and oxygen atoms in total. The zero-order valence-electron chi connectivity index (χ0n) is 19.5. The number of aryl methyl sites for hydroxylation is 3. The highest BCUT2D eigenvalue weighted by Crippen LogP contribution is 2.29. The lowest BCUT2D eigenvalue weighted by atomic mass is 9.97. The van der Waals surface area contributed by atoms with Gasteiger partial charge in [-0.05, 0) is 74.4 Å². The molecule has 32 heavy (non-hydrogen) atoms. The Morgan fingerprint density at radius 2 is 1.81 bits per heavy atom. The van der Waals surface area contributed by atoms with E-state index < -0.39 is 10.0 Å². The molecular weight excluding hydrogens is 424 g/mol. The fourth-order valence-corrected chi connectivity index (χ4v) is 5.86. The Hall–Kier alpha value is -2.38. The van der Waals surface area contributed by atoms with Gasteiger partial charge >= 0.3 is 0 Å². The van der Waals surface area contributed by atoms with E-state index in [4.69, 9.17) is 4.74 Å². The van der Waals surface area contributed by atoms with E-state index in [-0.39, 0.29) is 23.3 Å². The lowest BCUT2D eigenvalue weighted by Crippen LogP contribution is -2.43. The van der Waals surface area contributed by atoms with Crippen molar-refractivity contribution in [1.29, 1.82) is 0 Å². The van der Waals surface area contributed by atoms with E-state index >= 15 is 0 Å². The van der Waals surface area contributed by atoms with E-state index in [1.165, 1.54) is 4.31 Å². The maximum atomic E-state index is 13.3. The van der Waals surface area contributed by atoms with Gasteiger partial charge in [-0.15, -0.1) is 0 Å². The van der Waals surface area contributed by atoms with Gasteiger partial charge in [-0.1, -0.05) is 32.0 Å². The van der Waals surface area contributed by atoms with Crippen LogP contribution in [0.4, 0.5) is 5.69 Å². The second kappa shape index (κ2) is 10.5. The van der Waals surface area contributed by atoms with Crippen LogP contribution in [0.3, 0.4) is 0 Å². The molecule has 0 bridgehead atoms. The number of hydrogen-bond donors (Lipinski definition) is 1. The van der Waals surface area contributed by atoms with Crippen molar-refractivity contribution in [3.8, 4) is 5.75 Å². The first-order valence-corrected chi connectivity index (χ1v) is 12.9. The van der Waals surface area contributed by atoms with Crippen molar-refractivity contribution in [1.82, 2.24) is 4.31 Å². The van der Waals surface area contributed by atoms with Crippen molar-refractivity contribution in [2.24, 2.45) is 5.92 Å². The Morgan fingerprint density at radius 3 is 2.41 bits per heavy atom. The Balaban J connectivity index is 1.78. The first kappa shape index (κ1) is 24.3. The molecule has 2 aromatic carbocycles. The summed E-state index contributed by atoms with van der Waals surface area (Å²) >= 11 is 0. The molecule has 0 radical (unpaired) electrons. The number of para-hydroxylation sites is 1. The Morgan fingerprint density at radius 1 is 1.12 bits per heavy atom. The number of sulfonamides is 1. The van der Waals surface area contributed by atoms with Crippen LogP contribution in [0.15, 0.2) is 41.3 Å². The minimum atomic E-state index is -3.68. The molecule has 1 N–H and O–H groups in total. The number of carbonyl (C=O) groups is 1. The molecule has 0 aromatic heterocycles. The van der Waals surface area contributed by atoms with Gasteiger partial charge in [0.15, 0.2) is 0 Å². The van der Waals surface area contributed by atoms with Crippen molar-refractivity contribution >= 4 is 21.6 Å². The Bertz CT molecular complexity index is 1040. The summed E-state index contributed by atoms with van der Waals surface area (Å²) in [5.41, 5.74) is 3.86. The molecule has 1 fully saturated rings. The molecule has 1 saturated heterocycles. The van der Waals surface area contributed by atoms with Crippen molar-refractivity contribution in [3.05, 3.63) is 53.1 Å². The van der Waals surface area contributed by atoms with Crippen LogP contribution < -0.4 is 10.1 Å². The van der Waals surface area contributed by atoms with Gasteiger partial charge in [-0.2, -0.15) is 4.31 Å². The minimum absolute atomic E-state index is 0.108. The molecule has 1 heterocycles. The Labute approximate surface area is 192 Å². The van der Waals surface area contributed by atoms with E-state index in [9.17, 15) is 13.2 Å². The summed E-state index contributed by atoms with van der Waals surface area (Å²) in [6.45, 7) is 9.01. The van der Waals surface area contributed by atoms with Crippen LogP contribution >= 0.6 is 0 Å². The van der Waals surface area contributed by atoms with E-state index in [2.05, 4.69) is 19.2 Å². The van der Waals surface area contributed by atoms with Gasteiger partial charge in [0.1, 0.15) is 5.75 Å². The number of piperidine rings is 1. The number of nitrogens with zero attached hydrogens (tertiary/aromatic N) is 1. The number of ether oxygens (including phenoxy) is 1. The third-order valence-electron chi connectivity index (χ3n) is 6.09. The highest BCUT2D eigenvalue weighted by molar-refractivity contribution is 7.89. The largest absolute Gasteiger partial charge is 0.494 e. The summed E-state index contributed by atoms with van der Waals surface area (Å²) in [6.07, 6.45) is 2.98. The van der Waals surface area contributed by atoms with Crippen molar-refractivity contribution < 1.29 is 17.9 Å². The standard InChI is InChI=1S/C25H34N2O4S/c1-5-19-10-8-11-20(6-2)24(19)26-25(28)21-12-9-15-27(17-21)32(29,30)22-13-14-23(31-7-3)18(4)16-22/h8,10-11,13-14,16,21H,5-7,9,12,15,17H2,1-4H3,(H,26,28)/t21-/m0/s1. The maximum absolute atomic E-state index is 13.3. The number of anilines is 1. The normalized spacial score (nSPS) is 17.2. The van der Waals surface area contributed by atoms with E-state index in [1.54, 1.807) is 18.2 Å². The number of rotatable bonds is 8. The highest BCUT2D eigenvalue weighted by Gasteiger charge is 2.34. The zero-order valence-corrected chi connectivity index (χ0v) is 20.3. The molecule has 2 aromatic rings. The summed E-state index contributed by atoms with van der Waals surface area (Å²) in [6, 6.07) is 11.0. The van der Waals surface area contributed by atoms with Crippen molar-refractivity contribution in [3.63, 3.8) is 0 Å². The first-order valence-electron chi connectivity index (χ1n) is 11.5. The summed E-state index contributed by atoms with van der Waals surface area (Å²) in [5, 5.41) is 3.12. The molecule has 0 saturated carbocycles. The van der Waals surface area contributed by atoms with Gasteiger partial charge in [0.25, 0.3) is 0 Å². The topological polar surface area (TPSA) is 75.7 Å². The van der Waals surface area contributed by atoms with E-state index in [0.717, 1.165) is 35.2 Å². The molecule has 1 aliphatic rings.